The van der Waals surface area contributed by atoms with Crippen molar-refractivity contribution in [2.24, 2.45) is 0 Å². The predicted octanol–water partition coefficient (Wildman–Crippen LogP) is 2.52. The Morgan fingerprint density at radius 2 is 2.12 bits per heavy atom. The topological polar surface area (TPSA) is 96.1 Å². The normalized spacial score (nSPS) is 13.1. The first kappa shape index (κ1) is 15.5. The van der Waals surface area contributed by atoms with Gasteiger partial charge >= 0.3 is 0 Å². The van der Waals surface area contributed by atoms with Crippen molar-refractivity contribution < 1.29 is 9.53 Å². The molecule has 126 valence electrons. The van der Waals surface area contributed by atoms with Gasteiger partial charge in [0.15, 0.2) is 18.2 Å². The van der Waals surface area contributed by atoms with Gasteiger partial charge in [0.05, 0.1) is 11.9 Å². The highest BCUT2D eigenvalue weighted by atomic mass is 35.5. The fourth-order valence-electron chi connectivity index (χ4n) is 2.61. The Bertz CT molecular complexity index is 1050. The number of amides is 1. The van der Waals surface area contributed by atoms with Gasteiger partial charge in [0.25, 0.3) is 11.5 Å². The molecular formula is C17H13ClN4O3. The number of hydrogen-bond donors (Lipinski definition) is 3. The van der Waals surface area contributed by atoms with E-state index in [1.807, 2.05) is 0 Å². The number of nitrogens with one attached hydrogen (secondary N) is 3. The van der Waals surface area contributed by atoms with Gasteiger partial charge in [-0.25, -0.2) is 4.98 Å². The lowest BCUT2D eigenvalue weighted by Gasteiger charge is -2.17. The highest BCUT2D eigenvalue weighted by Crippen LogP contribution is 2.28. The van der Waals surface area contributed by atoms with E-state index in [2.05, 4.69) is 20.6 Å². The molecule has 0 bridgehead atoms. The molecule has 0 aliphatic carbocycles. The number of carbonyl (C=O) groups excluding carboxylic acids is 1. The van der Waals surface area contributed by atoms with Gasteiger partial charge in [-0.1, -0.05) is 11.6 Å². The summed E-state index contributed by atoms with van der Waals surface area (Å²) >= 11 is 6.00. The van der Waals surface area contributed by atoms with E-state index < -0.39 is 0 Å². The van der Waals surface area contributed by atoms with Crippen molar-refractivity contribution in [3.63, 3.8) is 0 Å². The second-order valence-corrected chi connectivity index (χ2v) is 6.05. The Kier molecular flexibility index (Phi) is 3.77. The van der Waals surface area contributed by atoms with Crippen LogP contribution in [0.1, 0.15) is 5.56 Å². The zero-order chi connectivity index (χ0) is 17.4. The third-order valence-electron chi connectivity index (χ3n) is 3.84. The number of nitrogens with zero attached hydrogens (tertiary/aromatic N) is 1. The average Bonchev–Trinajstić information content (AvgIpc) is 2.60. The first-order chi connectivity index (χ1) is 12.1. The van der Waals surface area contributed by atoms with Crippen LogP contribution in [0.15, 0.2) is 41.3 Å². The number of H-pyrrole nitrogens is 1. The third kappa shape index (κ3) is 3.14. The summed E-state index contributed by atoms with van der Waals surface area (Å²) in [7, 11) is 0. The minimum Gasteiger partial charge on any atom is -0.480 e. The molecule has 1 amide bonds. The molecule has 7 nitrogen and oxygen atoms in total. The number of aromatic nitrogens is 2. The summed E-state index contributed by atoms with van der Waals surface area (Å²) in [6.07, 6.45) is 1.57. The zero-order valence-electron chi connectivity index (χ0n) is 12.9. The first-order valence-electron chi connectivity index (χ1n) is 7.56. The van der Waals surface area contributed by atoms with E-state index in [4.69, 9.17) is 16.3 Å². The molecule has 1 aliphatic heterocycles. The van der Waals surface area contributed by atoms with Crippen LogP contribution in [0.3, 0.4) is 0 Å². The quantitative estimate of drug-likeness (QED) is 0.670. The number of benzene rings is 1. The number of pyridine rings is 2. The summed E-state index contributed by atoms with van der Waals surface area (Å²) < 4.78 is 5.33. The van der Waals surface area contributed by atoms with Gasteiger partial charge in [-0.05, 0) is 24.3 Å². The molecule has 25 heavy (non-hydrogen) atoms. The van der Waals surface area contributed by atoms with Gasteiger partial charge in [0, 0.05) is 34.1 Å². The molecule has 0 radical (unpaired) electrons. The van der Waals surface area contributed by atoms with Crippen molar-refractivity contribution in [1.29, 1.82) is 0 Å². The second-order valence-electron chi connectivity index (χ2n) is 5.62. The number of hydrogen-bond acceptors (Lipinski definition) is 5. The molecule has 0 unspecified atom stereocenters. The minimum atomic E-state index is -0.234. The molecule has 3 heterocycles. The Labute approximate surface area is 147 Å². The monoisotopic (exact) mass is 356 g/mol. The molecule has 0 saturated heterocycles. The summed E-state index contributed by atoms with van der Waals surface area (Å²) in [5.74, 6) is 0.644. The van der Waals surface area contributed by atoms with Crippen LogP contribution in [-0.2, 0) is 11.3 Å². The lowest BCUT2D eigenvalue weighted by atomic mass is 10.1. The van der Waals surface area contributed by atoms with Crippen molar-refractivity contribution in [3.8, 4) is 5.75 Å². The van der Waals surface area contributed by atoms with Crippen LogP contribution in [0.25, 0.3) is 10.9 Å². The molecule has 8 heteroatoms. The van der Waals surface area contributed by atoms with E-state index in [-0.39, 0.29) is 18.1 Å². The van der Waals surface area contributed by atoms with Crippen LogP contribution < -0.4 is 20.9 Å². The van der Waals surface area contributed by atoms with Gasteiger partial charge in [-0.15, -0.1) is 0 Å². The Morgan fingerprint density at radius 1 is 1.24 bits per heavy atom. The second kappa shape index (κ2) is 6.10. The highest BCUT2D eigenvalue weighted by Gasteiger charge is 2.17. The maximum Gasteiger partial charge on any atom is 0.263 e. The third-order valence-corrected chi connectivity index (χ3v) is 4.07. The average molecular weight is 357 g/mol. The fourth-order valence-corrected chi connectivity index (χ4v) is 2.79. The fraction of sp³-hybridized carbons (Fsp3) is 0.118. The van der Waals surface area contributed by atoms with Crippen molar-refractivity contribution in [1.82, 2.24) is 9.97 Å². The van der Waals surface area contributed by atoms with Gasteiger partial charge in [-0.3, -0.25) is 9.59 Å². The molecule has 0 spiro atoms. The van der Waals surface area contributed by atoms with E-state index in [9.17, 15) is 9.59 Å². The standard InChI is InChI=1S/C17H13ClN4O3/c18-11-1-2-13-9(4-11)3-10(17(24)21-13)6-19-12-5-14-16(20-7-12)22-15(23)8-25-14/h1-5,7,19H,6,8H2,(H,21,24)(H,20,22,23). The zero-order valence-corrected chi connectivity index (χ0v) is 13.7. The maximum atomic E-state index is 12.2. The molecule has 0 fully saturated rings. The number of rotatable bonds is 3. The van der Waals surface area contributed by atoms with E-state index >= 15 is 0 Å². The van der Waals surface area contributed by atoms with Crippen LogP contribution in [-0.4, -0.2) is 22.5 Å². The van der Waals surface area contributed by atoms with Crippen molar-refractivity contribution in [2.45, 2.75) is 6.54 Å². The maximum absolute atomic E-state index is 12.2. The lowest BCUT2D eigenvalue weighted by molar-refractivity contribution is -0.118. The molecule has 0 saturated carbocycles. The molecule has 0 atom stereocenters. The molecule has 1 aliphatic rings. The molecule has 4 rings (SSSR count). The number of carbonyl (C=O) groups is 1. The number of halogens is 1. The van der Waals surface area contributed by atoms with Gasteiger partial charge in [0.1, 0.15) is 0 Å². The van der Waals surface area contributed by atoms with Crippen LogP contribution in [0.4, 0.5) is 11.5 Å². The predicted molar refractivity (Wildman–Crippen MR) is 95.3 cm³/mol. The smallest absolute Gasteiger partial charge is 0.263 e. The van der Waals surface area contributed by atoms with Crippen LogP contribution in [0, 0.1) is 0 Å². The van der Waals surface area contributed by atoms with Crippen molar-refractivity contribution >= 4 is 39.9 Å². The number of aromatic amines is 1. The summed E-state index contributed by atoms with van der Waals surface area (Å²) in [6.45, 7) is 0.272. The molecule has 2 aromatic heterocycles. The van der Waals surface area contributed by atoms with Gasteiger partial charge in [-0.2, -0.15) is 0 Å². The van der Waals surface area contributed by atoms with E-state index in [0.29, 0.717) is 34.4 Å². The van der Waals surface area contributed by atoms with Crippen LogP contribution >= 0.6 is 11.6 Å². The largest absolute Gasteiger partial charge is 0.480 e. The number of fused-ring (bicyclic) bond motifs is 2. The van der Waals surface area contributed by atoms with Crippen molar-refractivity contribution in [2.75, 3.05) is 17.2 Å². The van der Waals surface area contributed by atoms with E-state index in [0.717, 1.165) is 10.9 Å². The Morgan fingerprint density at radius 3 is 3.00 bits per heavy atom. The van der Waals surface area contributed by atoms with Crippen molar-refractivity contribution in [3.05, 3.63) is 57.5 Å². The highest BCUT2D eigenvalue weighted by molar-refractivity contribution is 6.31. The number of anilines is 2. The number of ether oxygens (including phenoxy) is 1. The molecule has 3 N–H and O–H groups in total. The SMILES string of the molecule is O=C1COc2cc(NCc3cc4cc(Cl)ccc4[nH]c3=O)cnc2N1. The summed E-state index contributed by atoms with van der Waals surface area (Å²) in [4.78, 5) is 30.4. The van der Waals surface area contributed by atoms with E-state index in [1.165, 1.54) is 0 Å². The molecule has 1 aromatic carbocycles. The van der Waals surface area contributed by atoms with Crippen LogP contribution in [0.2, 0.25) is 5.02 Å². The Balaban J connectivity index is 1.57. The summed E-state index contributed by atoms with van der Waals surface area (Å²) in [5, 5.41) is 7.23. The van der Waals surface area contributed by atoms with E-state index in [1.54, 1.807) is 36.5 Å². The molecular weight excluding hydrogens is 344 g/mol. The molecule has 3 aromatic rings. The Hall–Kier alpha value is -3.06. The summed E-state index contributed by atoms with van der Waals surface area (Å²) in [5.41, 5.74) is 1.82. The minimum absolute atomic E-state index is 0.0385. The summed E-state index contributed by atoms with van der Waals surface area (Å²) in [6, 6.07) is 8.83. The first-order valence-corrected chi connectivity index (χ1v) is 7.94. The van der Waals surface area contributed by atoms with Gasteiger partial charge < -0.3 is 20.4 Å². The van der Waals surface area contributed by atoms with Gasteiger partial charge in [0.2, 0.25) is 0 Å². The van der Waals surface area contributed by atoms with Crippen LogP contribution in [0.5, 0.6) is 5.75 Å². The lowest BCUT2D eigenvalue weighted by Crippen LogP contribution is -2.26.